The van der Waals surface area contributed by atoms with Gasteiger partial charge in [0, 0.05) is 12.4 Å². The normalized spacial score (nSPS) is 11.9. The molecule has 3 rings (SSSR count). The third-order valence-electron chi connectivity index (χ3n) is 2.90. The molecule has 94 valence electrons. The third-order valence-corrected chi connectivity index (χ3v) is 2.90. The number of pyridine rings is 1. The summed E-state index contributed by atoms with van der Waals surface area (Å²) in [5.74, 6) is 0.400. The van der Waals surface area contributed by atoms with Gasteiger partial charge in [0.2, 0.25) is 0 Å². The molecule has 0 aliphatic rings. The number of hydrogen-bond donors (Lipinski definition) is 1. The Kier molecular flexibility index (Phi) is 2.72. The van der Waals surface area contributed by atoms with E-state index in [1.165, 1.54) is 0 Å². The van der Waals surface area contributed by atoms with Crippen LogP contribution in [0.3, 0.4) is 0 Å². The molecule has 2 aromatic heterocycles. The first-order chi connectivity index (χ1) is 9.24. The first-order valence-electron chi connectivity index (χ1n) is 5.91. The fraction of sp³-hybridized carbons (Fsp3) is 0.0714. The van der Waals surface area contributed by atoms with Crippen molar-refractivity contribution in [3.63, 3.8) is 0 Å². The van der Waals surface area contributed by atoms with Crippen LogP contribution in [0.1, 0.15) is 5.69 Å². The van der Waals surface area contributed by atoms with Crippen LogP contribution in [0.2, 0.25) is 0 Å². The van der Waals surface area contributed by atoms with Gasteiger partial charge in [-0.3, -0.25) is 9.67 Å². The van der Waals surface area contributed by atoms with Crippen LogP contribution in [-0.2, 0) is 7.05 Å². The quantitative estimate of drug-likeness (QED) is 0.559. The van der Waals surface area contributed by atoms with E-state index in [0.29, 0.717) is 11.5 Å². The molecule has 5 heteroatoms. The van der Waals surface area contributed by atoms with Crippen molar-refractivity contribution in [3.8, 4) is 0 Å². The Balaban J connectivity index is 2.02. The van der Waals surface area contributed by atoms with Crippen LogP contribution in [0.5, 0.6) is 0 Å². The minimum Gasteiger partial charge on any atom is -0.382 e. The largest absolute Gasteiger partial charge is 0.382 e. The van der Waals surface area contributed by atoms with Gasteiger partial charge >= 0.3 is 0 Å². The van der Waals surface area contributed by atoms with Crippen molar-refractivity contribution in [2.24, 2.45) is 17.8 Å². The predicted molar refractivity (Wildman–Crippen MR) is 75.3 cm³/mol. The summed E-state index contributed by atoms with van der Waals surface area (Å²) in [5, 5.41) is 5.17. The molecule has 0 aliphatic heterocycles. The zero-order valence-electron chi connectivity index (χ0n) is 10.5. The lowest BCUT2D eigenvalue weighted by molar-refractivity contribution is 0.795. The zero-order chi connectivity index (χ0) is 13.2. The maximum atomic E-state index is 5.99. The summed E-state index contributed by atoms with van der Waals surface area (Å²) < 4.78 is 1.77. The number of hydrogen-bond acceptors (Lipinski definition) is 3. The SMILES string of the molecule is Cn1ncc2cc(C(N)=Nc3ccccc3)ncc21. The number of aromatic nitrogens is 3. The molecule has 0 atom stereocenters. The van der Waals surface area contributed by atoms with Crippen LogP contribution < -0.4 is 5.73 Å². The number of nitrogens with zero attached hydrogens (tertiary/aromatic N) is 4. The van der Waals surface area contributed by atoms with Crippen LogP contribution in [0, 0.1) is 0 Å². The minimum atomic E-state index is 0.400. The Hall–Kier alpha value is -2.69. The summed E-state index contributed by atoms with van der Waals surface area (Å²) >= 11 is 0. The Morgan fingerprint density at radius 1 is 1.21 bits per heavy atom. The smallest absolute Gasteiger partial charge is 0.150 e. The Bertz CT molecular complexity index is 743. The van der Waals surface area contributed by atoms with Crippen molar-refractivity contribution in [2.45, 2.75) is 0 Å². The van der Waals surface area contributed by atoms with Crippen molar-refractivity contribution in [1.82, 2.24) is 14.8 Å². The molecule has 5 nitrogen and oxygen atoms in total. The van der Waals surface area contributed by atoms with Crippen LogP contribution in [-0.4, -0.2) is 20.6 Å². The second-order valence-corrected chi connectivity index (χ2v) is 4.23. The fourth-order valence-electron chi connectivity index (χ4n) is 1.89. The van der Waals surface area contributed by atoms with Crippen LogP contribution in [0.25, 0.3) is 10.9 Å². The van der Waals surface area contributed by atoms with Crippen LogP contribution in [0.15, 0.2) is 53.8 Å². The van der Waals surface area contributed by atoms with Gasteiger partial charge in [-0.2, -0.15) is 5.10 Å². The Labute approximate surface area is 110 Å². The second-order valence-electron chi connectivity index (χ2n) is 4.23. The summed E-state index contributed by atoms with van der Waals surface area (Å²) in [6.07, 6.45) is 3.54. The summed E-state index contributed by atoms with van der Waals surface area (Å²) in [5.41, 5.74) is 8.42. The molecule has 0 unspecified atom stereocenters. The molecular weight excluding hydrogens is 238 g/mol. The van der Waals surface area contributed by atoms with E-state index >= 15 is 0 Å². The van der Waals surface area contributed by atoms with E-state index in [0.717, 1.165) is 16.6 Å². The van der Waals surface area contributed by atoms with Crippen molar-refractivity contribution in [1.29, 1.82) is 0 Å². The van der Waals surface area contributed by atoms with Gasteiger partial charge in [-0.15, -0.1) is 0 Å². The van der Waals surface area contributed by atoms with Crippen LogP contribution >= 0.6 is 0 Å². The molecule has 1 aromatic carbocycles. The highest BCUT2D eigenvalue weighted by Crippen LogP contribution is 2.14. The van der Waals surface area contributed by atoms with Gasteiger partial charge < -0.3 is 5.73 Å². The number of para-hydroxylation sites is 1. The van der Waals surface area contributed by atoms with Gasteiger partial charge in [0.05, 0.1) is 23.6 Å². The van der Waals surface area contributed by atoms with E-state index in [4.69, 9.17) is 5.73 Å². The van der Waals surface area contributed by atoms with E-state index in [-0.39, 0.29) is 0 Å². The summed E-state index contributed by atoms with van der Waals surface area (Å²) in [7, 11) is 1.88. The van der Waals surface area contributed by atoms with Gasteiger partial charge in [0.1, 0.15) is 11.5 Å². The highest BCUT2D eigenvalue weighted by Gasteiger charge is 2.05. The van der Waals surface area contributed by atoms with Crippen molar-refractivity contribution < 1.29 is 0 Å². The molecule has 2 N–H and O–H groups in total. The summed E-state index contributed by atoms with van der Waals surface area (Å²) in [6, 6.07) is 11.5. The van der Waals surface area contributed by atoms with Gasteiger partial charge in [-0.05, 0) is 18.2 Å². The molecule has 0 aliphatic carbocycles. The molecule has 0 saturated carbocycles. The second kappa shape index (κ2) is 4.53. The molecule has 3 aromatic rings. The molecule has 0 saturated heterocycles. The highest BCUT2D eigenvalue weighted by atomic mass is 15.2. The van der Waals surface area contributed by atoms with E-state index < -0.39 is 0 Å². The zero-order valence-corrected chi connectivity index (χ0v) is 10.5. The maximum absolute atomic E-state index is 5.99. The highest BCUT2D eigenvalue weighted by molar-refractivity contribution is 5.99. The van der Waals surface area contributed by atoms with E-state index in [2.05, 4.69) is 15.1 Å². The fourth-order valence-corrected chi connectivity index (χ4v) is 1.89. The summed E-state index contributed by atoms with van der Waals surface area (Å²) in [6.45, 7) is 0. The predicted octanol–water partition coefficient (Wildman–Crippen LogP) is 2.01. The van der Waals surface area contributed by atoms with Gasteiger partial charge in [0.25, 0.3) is 0 Å². The molecule has 19 heavy (non-hydrogen) atoms. The average Bonchev–Trinajstić information content (AvgIpc) is 2.81. The molecule has 0 bridgehead atoms. The molecule has 0 spiro atoms. The number of amidine groups is 1. The number of benzene rings is 1. The first kappa shape index (κ1) is 11.4. The molecular formula is C14H13N5. The number of aliphatic imine (C=N–C) groups is 1. The molecule has 0 amide bonds. The minimum absolute atomic E-state index is 0.400. The first-order valence-corrected chi connectivity index (χ1v) is 5.91. The van der Waals surface area contributed by atoms with Crippen molar-refractivity contribution in [2.75, 3.05) is 0 Å². The van der Waals surface area contributed by atoms with Gasteiger partial charge in [-0.1, -0.05) is 18.2 Å². The standard InChI is InChI=1S/C14H13N5/c1-19-13-9-16-12(7-10(13)8-17-19)14(15)18-11-5-3-2-4-6-11/h2-9H,1H3,(H2,15,18). The van der Waals surface area contributed by atoms with E-state index in [1.54, 1.807) is 17.1 Å². The van der Waals surface area contributed by atoms with Crippen LogP contribution in [0.4, 0.5) is 5.69 Å². The van der Waals surface area contributed by atoms with Gasteiger partial charge in [-0.25, -0.2) is 4.99 Å². The van der Waals surface area contributed by atoms with Crippen molar-refractivity contribution in [3.05, 3.63) is 54.5 Å². The maximum Gasteiger partial charge on any atom is 0.150 e. The topological polar surface area (TPSA) is 69.1 Å². The lowest BCUT2D eigenvalue weighted by Crippen LogP contribution is -2.14. The average molecular weight is 251 g/mol. The monoisotopic (exact) mass is 251 g/mol. The Morgan fingerprint density at radius 3 is 2.79 bits per heavy atom. The van der Waals surface area contributed by atoms with Crippen molar-refractivity contribution >= 4 is 22.4 Å². The molecule has 2 heterocycles. The third kappa shape index (κ3) is 2.18. The Morgan fingerprint density at radius 2 is 2.00 bits per heavy atom. The number of aryl methyl sites for hydroxylation is 1. The number of fused-ring (bicyclic) bond motifs is 1. The number of nitrogens with two attached hydrogens (primary N) is 1. The molecule has 0 radical (unpaired) electrons. The number of rotatable bonds is 2. The molecule has 0 fully saturated rings. The summed E-state index contributed by atoms with van der Waals surface area (Å²) in [4.78, 5) is 8.67. The lowest BCUT2D eigenvalue weighted by Gasteiger charge is -2.01. The van der Waals surface area contributed by atoms with E-state index in [9.17, 15) is 0 Å². The van der Waals surface area contributed by atoms with Gasteiger partial charge in [0.15, 0.2) is 0 Å². The lowest BCUT2D eigenvalue weighted by atomic mass is 10.2. The van der Waals surface area contributed by atoms with E-state index in [1.807, 2.05) is 43.4 Å².